The fraction of sp³-hybridized carbons (Fsp3) is 0.667. The lowest BCUT2D eigenvalue weighted by molar-refractivity contribution is 0.666. The maximum absolute atomic E-state index is 2.39. The van der Waals surface area contributed by atoms with E-state index < -0.39 is 0 Å². The van der Waals surface area contributed by atoms with Crippen LogP contribution in [0.1, 0.15) is 51.9 Å². The van der Waals surface area contributed by atoms with Crippen molar-refractivity contribution in [3.63, 3.8) is 0 Å². The molecule has 0 bridgehead atoms. The Morgan fingerprint density at radius 2 is 2.08 bits per heavy atom. The SMILES string of the molecule is CCCCCCC1=CCCC=C1. The van der Waals surface area contributed by atoms with Crippen LogP contribution in [0.25, 0.3) is 0 Å². The molecule has 0 heterocycles. The van der Waals surface area contributed by atoms with Gasteiger partial charge in [0, 0.05) is 0 Å². The van der Waals surface area contributed by atoms with Gasteiger partial charge in [-0.2, -0.15) is 0 Å². The molecule has 0 saturated heterocycles. The summed E-state index contributed by atoms with van der Waals surface area (Å²) >= 11 is 0. The van der Waals surface area contributed by atoms with Crippen molar-refractivity contribution in [3.8, 4) is 0 Å². The summed E-state index contributed by atoms with van der Waals surface area (Å²) in [5.74, 6) is 0. The number of allylic oxidation sites excluding steroid dienone is 4. The summed E-state index contributed by atoms with van der Waals surface area (Å²) in [6, 6.07) is 0. The van der Waals surface area contributed by atoms with Crippen molar-refractivity contribution < 1.29 is 0 Å². The lowest BCUT2D eigenvalue weighted by atomic mass is 10.0. The van der Waals surface area contributed by atoms with E-state index in [-0.39, 0.29) is 0 Å². The highest BCUT2D eigenvalue weighted by molar-refractivity contribution is 5.21. The largest absolute Gasteiger partial charge is 0.0840 e. The van der Waals surface area contributed by atoms with Gasteiger partial charge in [0.05, 0.1) is 0 Å². The van der Waals surface area contributed by atoms with Gasteiger partial charge < -0.3 is 0 Å². The molecule has 12 heavy (non-hydrogen) atoms. The molecule has 0 radical (unpaired) electrons. The third kappa shape index (κ3) is 3.75. The van der Waals surface area contributed by atoms with Gasteiger partial charge in [-0.05, 0) is 25.7 Å². The topological polar surface area (TPSA) is 0 Å². The highest BCUT2D eigenvalue weighted by Crippen LogP contribution is 2.16. The van der Waals surface area contributed by atoms with Crippen molar-refractivity contribution in [2.45, 2.75) is 51.9 Å². The van der Waals surface area contributed by atoms with Gasteiger partial charge in [0.25, 0.3) is 0 Å². The zero-order valence-corrected chi connectivity index (χ0v) is 8.18. The molecular weight excluding hydrogens is 144 g/mol. The van der Waals surface area contributed by atoms with Gasteiger partial charge in [0.2, 0.25) is 0 Å². The second kappa shape index (κ2) is 6.05. The maximum atomic E-state index is 2.39. The first-order chi connectivity index (χ1) is 5.93. The van der Waals surface area contributed by atoms with Crippen LogP contribution in [0.3, 0.4) is 0 Å². The van der Waals surface area contributed by atoms with E-state index in [0.717, 1.165) is 0 Å². The molecule has 0 aromatic rings. The normalized spacial score (nSPS) is 16.2. The predicted molar refractivity (Wildman–Crippen MR) is 55.2 cm³/mol. The lowest BCUT2D eigenvalue weighted by Crippen LogP contribution is -1.85. The Hall–Kier alpha value is -0.520. The van der Waals surface area contributed by atoms with Crippen molar-refractivity contribution in [2.24, 2.45) is 0 Å². The lowest BCUT2D eigenvalue weighted by Gasteiger charge is -2.05. The van der Waals surface area contributed by atoms with Crippen molar-refractivity contribution in [2.75, 3.05) is 0 Å². The summed E-state index contributed by atoms with van der Waals surface area (Å²) in [6.45, 7) is 2.26. The number of hydrogen-bond acceptors (Lipinski definition) is 0. The Morgan fingerprint density at radius 1 is 1.17 bits per heavy atom. The van der Waals surface area contributed by atoms with Gasteiger partial charge in [-0.3, -0.25) is 0 Å². The fourth-order valence-corrected chi connectivity index (χ4v) is 1.61. The van der Waals surface area contributed by atoms with E-state index in [9.17, 15) is 0 Å². The van der Waals surface area contributed by atoms with Gasteiger partial charge in [-0.1, -0.05) is 50.0 Å². The monoisotopic (exact) mass is 164 g/mol. The standard InChI is InChI=1S/C12H20/c1-2-3-4-6-9-12-10-7-5-8-11-12/h7,10-11H,2-6,8-9H2,1H3. The Balaban J connectivity index is 2.06. The molecule has 0 unspecified atom stereocenters. The molecule has 0 nitrogen and oxygen atoms in total. The molecule has 0 aliphatic heterocycles. The molecule has 0 amide bonds. The van der Waals surface area contributed by atoms with Crippen LogP contribution in [-0.2, 0) is 0 Å². The summed E-state index contributed by atoms with van der Waals surface area (Å²) in [5, 5.41) is 0. The average Bonchev–Trinajstić information content (AvgIpc) is 2.14. The van der Waals surface area contributed by atoms with Crippen LogP contribution >= 0.6 is 0 Å². The quantitative estimate of drug-likeness (QED) is 0.533. The van der Waals surface area contributed by atoms with Crippen molar-refractivity contribution >= 4 is 0 Å². The highest BCUT2D eigenvalue weighted by Gasteiger charge is 1.96. The molecule has 1 aliphatic rings. The predicted octanol–water partition coefficient (Wildman–Crippen LogP) is 4.23. The first-order valence-corrected chi connectivity index (χ1v) is 5.29. The minimum absolute atomic E-state index is 1.25. The van der Waals surface area contributed by atoms with Crippen LogP contribution in [0.2, 0.25) is 0 Å². The average molecular weight is 164 g/mol. The molecule has 0 N–H and O–H groups in total. The fourth-order valence-electron chi connectivity index (χ4n) is 1.61. The summed E-state index contributed by atoms with van der Waals surface area (Å²) < 4.78 is 0. The summed E-state index contributed by atoms with van der Waals surface area (Å²) in [5.41, 5.74) is 1.57. The van der Waals surface area contributed by atoms with E-state index in [2.05, 4.69) is 25.2 Å². The first-order valence-electron chi connectivity index (χ1n) is 5.29. The molecule has 0 fully saturated rings. The van der Waals surface area contributed by atoms with Crippen LogP contribution in [0, 0.1) is 0 Å². The Bertz CT molecular complexity index is 163. The molecule has 68 valence electrons. The molecule has 0 atom stereocenters. The van der Waals surface area contributed by atoms with E-state index in [1.165, 1.54) is 44.9 Å². The Morgan fingerprint density at radius 3 is 2.75 bits per heavy atom. The molecule has 1 aliphatic carbocycles. The van der Waals surface area contributed by atoms with Crippen LogP contribution in [0.5, 0.6) is 0 Å². The van der Waals surface area contributed by atoms with Crippen LogP contribution in [-0.4, -0.2) is 0 Å². The summed E-state index contributed by atoms with van der Waals surface area (Å²) in [6.07, 6.45) is 16.3. The van der Waals surface area contributed by atoms with Gasteiger partial charge in [-0.25, -0.2) is 0 Å². The summed E-state index contributed by atoms with van der Waals surface area (Å²) in [7, 11) is 0. The molecule has 0 spiro atoms. The second-order valence-corrected chi connectivity index (χ2v) is 3.57. The zero-order chi connectivity index (χ0) is 8.65. The third-order valence-electron chi connectivity index (χ3n) is 2.39. The van der Waals surface area contributed by atoms with Crippen molar-refractivity contribution in [3.05, 3.63) is 23.8 Å². The molecule has 0 aromatic carbocycles. The van der Waals surface area contributed by atoms with Crippen molar-refractivity contribution in [1.82, 2.24) is 0 Å². The molecule has 0 heteroatoms. The van der Waals surface area contributed by atoms with Crippen molar-refractivity contribution in [1.29, 1.82) is 0 Å². The molecule has 0 aromatic heterocycles. The minimum Gasteiger partial charge on any atom is -0.0840 e. The van der Waals surface area contributed by atoms with E-state index in [1.54, 1.807) is 5.57 Å². The number of unbranched alkanes of at least 4 members (excludes halogenated alkanes) is 3. The zero-order valence-electron chi connectivity index (χ0n) is 8.18. The van der Waals surface area contributed by atoms with Gasteiger partial charge in [-0.15, -0.1) is 0 Å². The number of hydrogen-bond donors (Lipinski definition) is 0. The third-order valence-corrected chi connectivity index (χ3v) is 2.39. The Kier molecular flexibility index (Phi) is 4.82. The van der Waals surface area contributed by atoms with Crippen LogP contribution < -0.4 is 0 Å². The molecule has 0 saturated carbocycles. The number of rotatable bonds is 5. The Labute approximate surface area is 76.4 Å². The van der Waals surface area contributed by atoms with Gasteiger partial charge in [0.15, 0.2) is 0 Å². The smallest absolute Gasteiger partial charge is 0.0282 e. The highest BCUT2D eigenvalue weighted by atomic mass is 14.0. The molecule has 1 rings (SSSR count). The molecular formula is C12H20. The first kappa shape index (κ1) is 9.57. The van der Waals surface area contributed by atoms with Gasteiger partial charge in [0.1, 0.15) is 0 Å². The summed E-state index contributed by atoms with van der Waals surface area (Å²) in [4.78, 5) is 0. The van der Waals surface area contributed by atoms with E-state index in [0.29, 0.717) is 0 Å². The van der Waals surface area contributed by atoms with E-state index in [4.69, 9.17) is 0 Å². The van der Waals surface area contributed by atoms with E-state index in [1.807, 2.05) is 0 Å². The minimum atomic E-state index is 1.25. The second-order valence-electron chi connectivity index (χ2n) is 3.57. The van der Waals surface area contributed by atoms with E-state index >= 15 is 0 Å². The maximum Gasteiger partial charge on any atom is -0.0282 e. The van der Waals surface area contributed by atoms with Gasteiger partial charge >= 0.3 is 0 Å². The van der Waals surface area contributed by atoms with Crippen LogP contribution in [0.15, 0.2) is 23.8 Å². The van der Waals surface area contributed by atoms with Crippen LogP contribution in [0.4, 0.5) is 0 Å².